The molecule has 0 spiro atoms. The summed E-state index contributed by atoms with van der Waals surface area (Å²) in [6, 6.07) is 15.1. The van der Waals surface area contributed by atoms with E-state index in [0.717, 1.165) is 12.1 Å². The molecule has 1 saturated heterocycles. The molecule has 5 heteroatoms. The van der Waals surface area contributed by atoms with Crippen LogP contribution in [-0.4, -0.2) is 15.5 Å². The van der Waals surface area contributed by atoms with Crippen molar-refractivity contribution in [3.05, 3.63) is 70.3 Å². The summed E-state index contributed by atoms with van der Waals surface area (Å²) in [6.45, 7) is 2.10. The average molecular weight is 333 g/mol. The molecule has 1 aliphatic heterocycles. The van der Waals surface area contributed by atoms with E-state index in [1.807, 2.05) is 42.5 Å². The minimum atomic E-state index is -0.206. The van der Waals surface area contributed by atoms with Gasteiger partial charge in [-0.25, -0.2) is 4.98 Å². The number of para-hydroxylation sites is 1. The zero-order valence-electron chi connectivity index (χ0n) is 14.3. The van der Waals surface area contributed by atoms with Gasteiger partial charge in [0.2, 0.25) is 5.91 Å². The zero-order valence-corrected chi connectivity index (χ0v) is 14.3. The molecule has 0 N–H and O–H groups in total. The summed E-state index contributed by atoms with van der Waals surface area (Å²) in [4.78, 5) is 31.3. The topological polar surface area (TPSA) is 55.2 Å². The fourth-order valence-electron chi connectivity index (χ4n) is 3.37. The minimum Gasteiger partial charge on any atom is -0.301 e. The van der Waals surface area contributed by atoms with Crippen molar-refractivity contribution < 1.29 is 4.79 Å². The number of anilines is 1. The van der Waals surface area contributed by atoms with Crippen molar-refractivity contribution in [2.45, 2.75) is 25.8 Å². The van der Waals surface area contributed by atoms with Gasteiger partial charge in [-0.15, -0.1) is 0 Å². The fourth-order valence-corrected chi connectivity index (χ4v) is 3.37. The molecule has 2 heterocycles. The number of fused-ring (bicyclic) bond motifs is 1. The normalized spacial score (nSPS) is 17.0. The van der Waals surface area contributed by atoms with Crippen molar-refractivity contribution in [1.29, 1.82) is 0 Å². The molecule has 1 aromatic heterocycles. The first-order valence-corrected chi connectivity index (χ1v) is 8.47. The Morgan fingerprint density at radius 2 is 1.80 bits per heavy atom. The standard InChI is InChI=1S/C20H19N3O2/c1-3-13-8-10-14(11-9-13)23-17(12-18(23)24)19-21-16-7-5-4-6-15(16)20(25)22(19)2/h4-11,17H,3,12H2,1-2H3. The highest BCUT2D eigenvalue weighted by Crippen LogP contribution is 2.37. The average Bonchev–Trinajstić information content (AvgIpc) is 2.63. The van der Waals surface area contributed by atoms with Crippen molar-refractivity contribution in [1.82, 2.24) is 9.55 Å². The Kier molecular flexibility index (Phi) is 3.64. The van der Waals surface area contributed by atoms with E-state index >= 15 is 0 Å². The lowest BCUT2D eigenvalue weighted by molar-refractivity contribution is -0.124. The Hall–Kier alpha value is -2.95. The highest BCUT2D eigenvalue weighted by molar-refractivity contribution is 6.01. The molecule has 1 atom stereocenters. The number of rotatable bonds is 3. The lowest BCUT2D eigenvalue weighted by Gasteiger charge is -2.40. The third kappa shape index (κ3) is 2.43. The molecule has 2 aromatic carbocycles. The lowest BCUT2D eigenvalue weighted by Crippen LogP contribution is -2.48. The predicted molar refractivity (Wildman–Crippen MR) is 97.6 cm³/mol. The maximum atomic E-state index is 12.6. The summed E-state index contributed by atoms with van der Waals surface area (Å²) >= 11 is 0. The van der Waals surface area contributed by atoms with Crippen molar-refractivity contribution in [2.24, 2.45) is 7.05 Å². The van der Waals surface area contributed by atoms with E-state index < -0.39 is 0 Å². The van der Waals surface area contributed by atoms with Crippen LogP contribution in [-0.2, 0) is 18.3 Å². The fraction of sp³-hybridized carbons (Fsp3) is 0.250. The molecule has 0 saturated carbocycles. The number of aromatic nitrogens is 2. The molecule has 1 unspecified atom stereocenters. The Morgan fingerprint density at radius 3 is 2.48 bits per heavy atom. The molecule has 0 bridgehead atoms. The first kappa shape index (κ1) is 15.6. The van der Waals surface area contributed by atoms with Gasteiger partial charge in [-0.1, -0.05) is 31.2 Å². The Labute approximate surface area is 145 Å². The molecule has 5 nitrogen and oxygen atoms in total. The van der Waals surface area contributed by atoms with Gasteiger partial charge < -0.3 is 4.90 Å². The second-order valence-corrected chi connectivity index (χ2v) is 6.35. The van der Waals surface area contributed by atoms with Crippen molar-refractivity contribution >= 4 is 22.5 Å². The summed E-state index contributed by atoms with van der Waals surface area (Å²) in [5.41, 5.74) is 2.66. The highest BCUT2D eigenvalue weighted by Gasteiger charge is 2.40. The Morgan fingerprint density at radius 1 is 1.08 bits per heavy atom. The van der Waals surface area contributed by atoms with Crippen LogP contribution in [0.4, 0.5) is 5.69 Å². The van der Waals surface area contributed by atoms with Crippen LogP contribution in [0.5, 0.6) is 0 Å². The lowest BCUT2D eigenvalue weighted by atomic mass is 9.98. The summed E-state index contributed by atoms with van der Waals surface area (Å²) < 4.78 is 1.56. The number of hydrogen-bond donors (Lipinski definition) is 0. The second-order valence-electron chi connectivity index (χ2n) is 6.35. The molecule has 126 valence electrons. The van der Waals surface area contributed by atoms with Crippen LogP contribution in [0.3, 0.4) is 0 Å². The second kappa shape index (κ2) is 5.84. The van der Waals surface area contributed by atoms with E-state index in [2.05, 4.69) is 11.9 Å². The number of β-lactam (4-membered cyclic amide) rings is 1. The number of benzene rings is 2. The molecule has 1 fully saturated rings. The van der Waals surface area contributed by atoms with E-state index in [9.17, 15) is 9.59 Å². The van der Waals surface area contributed by atoms with Gasteiger partial charge >= 0.3 is 0 Å². The van der Waals surface area contributed by atoms with Gasteiger partial charge in [0.15, 0.2) is 0 Å². The maximum absolute atomic E-state index is 12.6. The number of carbonyl (C=O) groups is 1. The van der Waals surface area contributed by atoms with Crippen LogP contribution in [0.2, 0.25) is 0 Å². The molecule has 25 heavy (non-hydrogen) atoms. The first-order chi connectivity index (χ1) is 12.1. The zero-order chi connectivity index (χ0) is 17.6. The van der Waals surface area contributed by atoms with Crippen LogP contribution >= 0.6 is 0 Å². The number of hydrogen-bond acceptors (Lipinski definition) is 3. The van der Waals surface area contributed by atoms with Gasteiger partial charge in [0.1, 0.15) is 11.9 Å². The summed E-state index contributed by atoms with van der Waals surface area (Å²) in [6.07, 6.45) is 1.33. The number of carbonyl (C=O) groups excluding carboxylic acids is 1. The maximum Gasteiger partial charge on any atom is 0.261 e. The summed E-state index contributed by atoms with van der Waals surface area (Å²) in [5.74, 6) is 0.680. The van der Waals surface area contributed by atoms with E-state index in [4.69, 9.17) is 0 Å². The van der Waals surface area contributed by atoms with Crippen LogP contribution in [0, 0.1) is 0 Å². The van der Waals surface area contributed by atoms with E-state index in [1.54, 1.807) is 22.6 Å². The van der Waals surface area contributed by atoms with Gasteiger partial charge in [0.05, 0.1) is 17.3 Å². The van der Waals surface area contributed by atoms with E-state index in [0.29, 0.717) is 23.1 Å². The highest BCUT2D eigenvalue weighted by atomic mass is 16.2. The van der Waals surface area contributed by atoms with Gasteiger partial charge in [0, 0.05) is 12.7 Å². The number of aryl methyl sites for hydroxylation is 1. The summed E-state index contributed by atoms with van der Waals surface area (Å²) in [5, 5.41) is 0.596. The van der Waals surface area contributed by atoms with Crippen LogP contribution < -0.4 is 10.5 Å². The predicted octanol–water partition coefficient (Wildman–Crippen LogP) is 2.97. The smallest absolute Gasteiger partial charge is 0.261 e. The number of nitrogens with zero attached hydrogens (tertiary/aromatic N) is 3. The van der Waals surface area contributed by atoms with Gasteiger partial charge in [-0.05, 0) is 36.2 Å². The monoisotopic (exact) mass is 333 g/mol. The van der Waals surface area contributed by atoms with Gasteiger partial charge in [-0.3, -0.25) is 14.2 Å². The molecule has 3 aromatic rings. The largest absolute Gasteiger partial charge is 0.301 e. The van der Waals surface area contributed by atoms with E-state index in [-0.39, 0.29) is 17.5 Å². The van der Waals surface area contributed by atoms with Gasteiger partial charge in [-0.2, -0.15) is 0 Å². The van der Waals surface area contributed by atoms with Crippen molar-refractivity contribution in [3.8, 4) is 0 Å². The number of amides is 1. The molecular weight excluding hydrogens is 314 g/mol. The third-order valence-electron chi connectivity index (χ3n) is 4.89. The molecule has 4 rings (SSSR count). The van der Waals surface area contributed by atoms with Gasteiger partial charge in [0.25, 0.3) is 5.56 Å². The van der Waals surface area contributed by atoms with Crippen LogP contribution in [0.25, 0.3) is 10.9 Å². The third-order valence-corrected chi connectivity index (χ3v) is 4.89. The van der Waals surface area contributed by atoms with E-state index in [1.165, 1.54) is 5.56 Å². The molecule has 0 aliphatic carbocycles. The first-order valence-electron chi connectivity index (χ1n) is 8.47. The SMILES string of the molecule is CCc1ccc(N2C(=O)CC2c2nc3ccccc3c(=O)n2C)cc1. The Bertz CT molecular complexity index is 1020. The van der Waals surface area contributed by atoms with Crippen molar-refractivity contribution in [3.63, 3.8) is 0 Å². The van der Waals surface area contributed by atoms with Crippen LogP contribution in [0.15, 0.2) is 53.3 Å². The Balaban J connectivity index is 1.78. The molecule has 1 amide bonds. The van der Waals surface area contributed by atoms with Crippen molar-refractivity contribution in [2.75, 3.05) is 4.90 Å². The molecular formula is C20H19N3O2. The molecule has 1 aliphatic rings. The molecule has 0 radical (unpaired) electrons. The van der Waals surface area contributed by atoms with Crippen LogP contribution in [0.1, 0.15) is 30.8 Å². The summed E-state index contributed by atoms with van der Waals surface area (Å²) in [7, 11) is 1.72. The minimum absolute atomic E-state index is 0.0525. The quantitative estimate of drug-likeness (QED) is 0.693.